The van der Waals surface area contributed by atoms with Crippen LogP contribution in [0.15, 0.2) is 24.3 Å². The number of likely N-dealkylation sites (N-methyl/N-ethyl adjacent to an activating group) is 1. The second-order valence-corrected chi connectivity index (χ2v) is 6.05. The molecule has 128 valence electrons. The Morgan fingerprint density at radius 3 is 2.87 bits per heavy atom. The molecule has 1 aromatic rings. The number of piperazine rings is 1. The number of nitrogens with zero attached hydrogens (tertiary/aromatic N) is 2. The fraction of sp³-hybridized carbons (Fsp3) is 0.533. The van der Waals surface area contributed by atoms with E-state index in [1.807, 2.05) is 23.1 Å². The molecular weight excluding hydrogens is 331 g/mol. The van der Waals surface area contributed by atoms with Crippen molar-refractivity contribution in [3.8, 4) is 0 Å². The maximum atomic E-state index is 12.4. The van der Waals surface area contributed by atoms with Crippen molar-refractivity contribution in [3.05, 3.63) is 34.9 Å². The Morgan fingerprint density at radius 2 is 2.22 bits per heavy atom. The normalized spacial score (nSPS) is 19.6. The Labute approximate surface area is 138 Å². The number of amides is 1. The van der Waals surface area contributed by atoms with Crippen LogP contribution in [0, 0.1) is 0 Å². The van der Waals surface area contributed by atoms with Gasteiger partial charge >= 0.3 is 6.18 Å². The van der Waals surface area contributed by atoms with Gasteiger partial charge in [-0.25, -0.2) is 0 Å². The summed E-state index contributed by atoms with van der Waals surface area (Å²) >= 11 is 6.00. The number of halogens is 4. The van der Waals surface area contributed by atoms with Gasteiger partial charge in [0.05, 0.1) is 6.54 Å². The summed E-state index contributed by atoms with van der Waals surface area (Å²) in [5, 5.41) is 3.83. The van der Waals surface area contributed by atoms with Gasteiger partial charge in [-0.15, -0.1) is 0 Å². The molecule has 1 aliphatic rings. The van der Waals surface area contributed by atoms with Crippen LogP contribution in [0.1, 0.15) is 11.6 Å². The molecule has 1 aliphatic heterocycles. The lowest BCUT2D eigenvalue weighted by Gasteiger charge is -2.37. The average Bonchev–Trinajstić information content (AvgIpc) is 2.46. The lowest BCUT2D eigenvalue weighted by atomic mass is 10.0. The van der Waals surface area contributed by atoms with Gasteiger partial charge in [-0.1, -0.05) is 23.7 Å². The van der Waals surface area contributed by atoms with E-state index in [0.717, 1.165) is 10.5 Å². The molecule has 0 radical (unpaired) electrons. The molecule has 23 heavy (non-hydrogen) atoms. The Morgan fingerprint density at radius 1 is 1.48 bits per heavy atom. The van der Waals surface area contributed by atoms with Gasteiger partial charge in [-0.3, -0.25) is 9.69 Å². The molecule has 1 saturated heterocycles. The van der Waals surface area contributed by atoms with Gasteiger partial charge in [0.25, 0.3) is 0 Å². The Bertz CT molecular complexity index is 553. The highest BCUT2D eigenvalue weighted by molar-refractivity contribution is 6.30. The van der Waals surface area contributed by atoms with E-state index in [4.69, 9.17) is 11.6 Å². The van der Waals surface area contributed by atoms with Crippen molar-refractivity contribution in [3.63, 3.8) is 0 Å². The fourth-order valence-corrected chi connectivity index (χ4v) is 2.83. The smallest absolute Gasteiger partial charge is 0.336 e. The maximum Gasteiger partial charge on any atom is 0.406 e. The number of benzene rings is 1. The van der Waals surface area contributed by atoms with Crippen LogP contribution in [0.4, 0.5) is 13.2 Å². The molecule has 1 aromatic carbocycles. The van der Waals surface area contributed by atoms with E-state index in [9.17, 15) is 18.0 Å². The van der Waals surface area contributed by atoms with Gasteiger partial charge < -0.3 is 10.2 Å². The van der Waals surface area contributed by atoms with Crippen molar-refractivity contribution in [2.45, 2.75) is 12.2 Å². The molecule has 1 unspecified atom stereocenters. The van der Waals surface area contributed by atoms with E-state index in [-0.39, 0.29) is 12.6 Å². The molecule has 0 bridgehead atoms. The molecule has 1 heterocycles. The summed E-state index contributed by atoms with van der Waals surface area (Å²) in [7, 11) is 1.17. The van der Waals surface area contributed by atoms with Crippen molar-refractivity contribution in [1.82, 2.24) is 15.1 Å². The van der Waals surface area contributed by atoms with Gasteiger partial charge in [-0.05, 0) is 17.7 Å². The van der Waals surface area contributed by atoms with Crippen LogP contribution < -0.4 is 5.32 Å². The zero-order valence-corrected chi connectivity index (χ0v) is 13.5. The van der Waals surface area contributed by atoms with Gasteiger partial charge in [0.2, 0.25) is 5.91 Å². The van der Waals surface area contributed by atoms with E-state index >= 15 is 0 Å². The first kappa shape index (κ1) is 18.0. The van der Waals surface area contributed by atoms with Crippen LogP contribution in [0.3, 0.4) is 0 Å². The number of carbonyl (C=O) groups is 1. The van der Waals surface area contributed by atoms with Crippen LogP contribution in [-0.2, 0) is 4.79 Å². The second kappa shape index (κ2) is 7.51. The molecule has 4 nitrogen and oxygen atoms in total. The molecule has 8 heteroatoms. The van der Waals surface area contributed by atoms with Crippen molar-refractivity contribution in [2.24, 2.45) is 0 Å². The molecule has 0 saturated carbocycles. The summed E-state index contributed by atoms with van der Waals surface area (Å²) in [6.07, 6.45) is -4.39. The number of rotatable bonds is 4. The average molecular weight is 350 g/mol. The van der Waals surface area contributed by atoms with Gasteiger partial charge in [-0.2, -0.15) is 13.2 Å². The summed E-state index contributed by atoms with van der Waals surface area (Å²) in [4.78, 5) is 14.7. The number of alkyl halides is 3. The topological polar surface area (TPSA) is 35.6 Å². The lowest BCUT2D eigenvalue weighted by Crippen LogP contribution is -2.50. The van der Waals surface area contributed by atoms with Gasteiger partial charge in [0.15, 0.2) is 0 Å². The number of nitrogens with one attached hydrogen (secondary N) is 1. The molecule has 1 amide bonds. The van der Waals surface area contributed by atoms with E-state index in [2.05, 4.69) is 5.32 Å². The quantitative estimate of drug-likeness (QED) is 0.906. The summed E-state index contributed by atoms with van der Waals surface area (Å²) in [6.45, 7) is 0.609. The van der Waals surface area contributed by atoms with E-state index in [0.29, 0.717) is 24.7 Å². The van der Waals surface area contributed by atoms with E-state index in [1.54, 1.807) is 6.07 Å². The maximum absolute atomic E-state index is 12.4. The SMILES string of the molecule is CN(CC(F)(F)F)C(=O)CN1CCNCC1c1cccc(Cl)c1. The monoisotopic (exact) mass is 349 g/mol. The predicted molar refractivity (Wildman–Crippen MR) is 82.3 cm³/mol. The first-order valence-electron chi connectivity index (χ1n) is 7.27. The van der Waals surface area contributed by atoms with Crippen LogP contribution in [-0.4, -0.2) is 61.7 Å². The molecule has 1 fully saturated rings. The van der Waals surface area contributed by atoms with Crippen LogP contribution in [0.5, 0.6) is 0 Å². The first-order valence-corrected chi connectivity index (χ1v) is 7.65. The van der Waals surface area contributed by atoms with Crippen LogP contribution >= 0.6 is 11.6 Å². The molecule has 0 spiro atoms. The first-order chi connectivity index (χ1) is 10.8. The zero-order valence-electron chi connectivity index (χ0n) is 12.7. The summed E-state index contributed by atoms with van der Waals surface area (Å²) in [5.41, 5.74) is 0.941. The molecule has 1 N–H and O–H groups in total. The molecule has 2 rings (SSSR count). The minimum absolute atomic E-state index is 0.0502. The predicted octanol–water partition coefficient (Wildman–Crippen LogP) is 2.31. The Hall–Kier alpha value is -1.31. The largest absolute Gasteiger partial charge is 0.406 e. The summed E-state index contributed by atoms with van der Waals surface area (Å²) in [6, 6.07) is 7.21. The molecule has 0 aliphatic carbocycles. The second-order valence-electron chi connectivity index (χ2n) is 5.61. The highest BCUT2D eigenvalue weighted by Gasteiger charge is 2.33. The van der Waals surface area contributed by atoms with Crippen molar-refractivity contribution in [2.75, 3.05) is 39.8 Å². The standard InChI is InChI=1S/C15H19ClF3N3O/c1-21(10-15(17,18)19)14(23)9-22-6-5-20-8-13(22)11-3-2-4-12(16)7-11/h2-4,7,13,20H,5-6,8-10H2,1H3. The Kier molecular flexibility index (Phi) is 5.89. The minimum Gasteiger partial charge on any atom is -0.336 e. The summed E-state index contributed by atoms with van der Waals surface area (Å²) < 4.78 is 37.2. The zero-order chi connectivity index (χ0) is 17.0. The molecular formula is C15H19ClF3N3O. The van der Waals surface area contributed by atoms with Crippen LogP contribution in [0.2, 0.25) is 5.02 Å². The van der Waals surface area contributed by atoms with Crippen LogP contribution in [0.25, 0.3) is 0 Å². The fourth-order valence-electron chi connectivity index (χ4n) is 2.63. The minimum atomic E-state index is -4.39. The highest BCUT2D eigenvalue weighted by atomic mass is 35.5. The third-order valence-corrected chi connectivity index (χ3v) is 4.00. The summed E-state index contributed by atoms with van der Waals surface area (Å²) in [5.74, 6) is -0.545. The number of hydrogen-bond acceptors (Lipinski definition) is 3. The highest BCUT2D eigenvalue weighted by Crippen LogP contribution is 2.25. The van der Waals surface area contributed by atoms with Crippen molar-refractivity contribution < 1.29 is 18.0 Å². The van der Waals surface area contributed by atoms with Crippen molar-refractivity contribution in [1.29, 1.82) is 0 Å². The number of carbonyl (C=O) groups excluding carboxylic acids is 1. The lowest BCUT2D eigenvalue weighted by molar-refractivity contribution is -0.159. The van der Waals surface area contributed by atoms with Gasteiger partial charge in [0, 0.05) is 37.7 Å². The Balaban J connectivity index is 2.05. The number of hydrogen-bond donors (Lipinski definition) is 1. The van der Waals surface area contributed by atoms with Crippen molar-refractivity contribution >= 4 is 17.5 Å². The molecule has 1 atom stereocenters. The van der Waals surface area contributed by atoms with Gasteiger partial charge in [0.1, 0.15) is 6.54 Å². The third-order valence-electron chi connectivity index (χ3n) is 3.77. The van der Waals surface area contributed by atoms with E-state index in [1.165, 1.54) is 7.05 Å². The molecule has 0 aromatic heterocycles. The third kappa shape index (κ3) is 5.37. The van der Waals surface area contributed by atoms with E-state index < -0.39 is 18.6 Å².